The molecular formula is C19H24N4O. The van der Waals surface area contributed by atoms with E-state index in [9.17, 15) is 4.79 Å². The minimum atomic E-state index is -0.0282. The molecule has 5 nitrogen and oxygen atoms in total. The molecule has 0 aromatic carbocycles. The van der Waals surface area contributed by atoms with Gasteiger partial charge in [0.1, 0.15) is 5.69 Å². The van der Waals surface area contributed by atoms with Crippen LogP contribution >= 0.6 is 0 Å². The van der Waals surface area contributed by atoms with Crippen molar-refractivity contribution in [3.8, 4) is 11.1 Å². The topological polar surface area (TPSA) is 72.1 Å². The van der Waals surface area contributed by atoms with Crippen LogP contribution in [0.4, 0.5) is 0 Å². The molecule has 2 atom stereocenters. The molecule has 0 saturated carbocycles. The first-order valence-electron chi connectivity index (χ1n) is 8.51. The van der Waals surface area contributed by atoms with Crippen LogP contribution in [0.3, 0.4) is 0 Å². The van der Waals surface area contributed by atoms with Crippen LogP contribution < -0.4 is 5.73 Å². The molecule has 1 aliphatic rings. The Morgan fingerprint density at radius 1 is 1.38 bits per heavy atom. The molecule has 1 aliphatic heterocycles. The maximum absolute atomic E-state index is 13.2. The lowest BCUT2D eigenvalue weighted by Crippen LogP contribution is -2.51. The number of amides is 1. The quantitative estimate of drug-likeness (QED) is 0.942. The number of nitrogens with two attached hydrogens (primary N) is 1. The number of carbonyl (C=O) groups excluding carboxylic acids is 1. The number of hydrogen-bond acceptors (Lipinski definition) is 4. The van der Waals surface area contributed by atoms with Gasteiger partial charge >= 0.3 is 0 Å². The molecule has 0 aliphatic carbocycles. The summed E-state index contributed by atoms with van der Waals surface area (Å²) in [6.07, 6.45) is 5.62. The molecule has 24 heavy (non-hydrogen) atoms. The summed E-state index contributed by atoms with van der Waals surface area (Å²) >= 11 is 0. The minimum Gasteiger partial charge on any atom is -0.333 e. The predicted molar refractivity (Wildman–Crippen MR) is 94.5 cm³/mol. The molecule has 0 spiro atoms. The van der Waals surface area contributed by atoms with E-state index in [1.54, 1.807) is 12.4 Å². The van der Waals surface area contributed by atoms with Gasteiger partial charge in [-0.2, -0.15) is 0 Å². The second kappa shape index (κ2) is 7.09. The van der Waals surface area contributed by atoms with Gasteiger partial charge in [-0.15, -0.1) is 0 Å². The van der Waals surface area contributed by atoms with Gasteiger partial charge in [0.25, 0.3) is 5.91 Å². The molecule has 2 aromatic rings. The Morgan fingerprint density at radius 2 is 2.21 bits per heavy atom. The van der Waals surface area contributed by atoms with Gasteiger partial charge in [-0.3, -0.25) is 9.78 Å². The lowest BCUT2D eigenvalue weighted by Gasteiger charge is -2.39. The van der Waals surface area contributed by atoms with E-state index < -0.39 is 0 Å². The fraction of sp³-hybridized carbons (Fsp3) is 0.421. The fourth-order valence-corrected chi connectivity index (χ4v) is 3.47. The van der Waals surface area contributed by atoms with Crippen LogP contribution in [0.5, 0.6) is 0 Å². The molecule has 3 heterocycles. The summed E-state index contributed by atoms with van der Waals surface area (Å²) in [5.41, 5.74) is 9.02. The largest absolute Gasteiger partial charge is 0.333 e. The summed E-state index contributed by atoms with van der Waals surface area (Å²) in [5, 5.41) is 0. The van der Waals surface area contributed by atoms with Crippen molar-refractivity contribution in [2.75, 3.05) is 13.1 Å². The number of likely N-dealkylation sites (tertiary alicyclic amines) is 1. The second-order valence-corrected chi connectivity index (χ2v) is 6.51. The van der Waals surface area contributed by atoms with Gasteiger partial charge in [-0.05, 0) is 37.8 Å². The molecule has 3 rings (SSSR count). The summed E-state index contributed by atoms with van der Waals surface area (Å²) in [7, 11) is 0. The molecule has 0 radical (unpaired) electrons. The number of nitrogens with zero attached hydrogens (tertiary/aromatic N) is 3. The fourth-order valence-electron chi connectivity index (χ4n) is 3.47. The predicted octanol–water partition coefficient (Wildman–Crippen LogP) is 2.65. The van der Waals surface area contributed by atoms with E-state index >= 15 is 0 Å². The van der Waals surface area contributed by atoms with Gasteiger partial charge in [0, 0.05) is 48.3 Å². The number of carbonyl (C=O) groups is 1. The van der Waals surface area contributed by atoms with Crippen LogP contribution in [-0.4, -0.2) is 39.9 Å². The first kappa shape index (κ1) is 16.6. The Morgan fingerprint density at radius 3 is 2.92 bits per heavy atom. The van der Waals surface area contributed by atoms with Gasteiger partial charge in [0.2, 0.25) is 0 Å². The highest BCUT2D eigenvalue weighted by molar-refractivity contribution is 5.99. The van der Waals surface area contributed by atoms with Crippen molar-refractivity contribution in [2.45, 2.75) is 32.7 Å². The van der Waals surface area contributed by atoms with Crippen molar-refractivity contribution in [1.29, 1.82) is 0 Å². The third-order valence-electron chi connectivity index (χ3n) is 4.83. The molecule has 1 fully saturated rings. The van der Waals surface area contributed by atoms with Crippen molar-refractivity contribution in [1.82, 2.24) is 14.9 Å². The molecule has 5 heteroatoms. The number of piperidine rings is 1. The molecule has 0 bridgehead atoms. The lowest BCUT2D eigenvalue weighted by atomic mass is 9.90. The maximum atomic E-state index is 13.2. The van der Waals surface area contributed by atoms with E-state index in [4.69, 9.17) is 5.73 Å². The summed E-state index contributed by atoms with van der Waals surface area (Å²) in [6, 6.07) is 7.79. The van der Waals surface area contributed by atoms with E-state index in [0.717, 1.165) is 36.2 Å². The standard InChI is InChI=1S/C19H24N4O/c1-13-5-4-10-23(17(13)11-20)19(24)18-16(8-7-14(2)22-18)15-6-3-9-21-12-15/h3,6-9,12-13,17H,4-5,10-11,20H2,1-2H3/t13-,17?/m1/s1. The Kier molecular flexibility index (Phi) is 4.90. The zero-order chi connectivity index (χ0) is 17.1. The van der Waals surface area contributed by atoms with Gasteiger partial charge in [-0.25, -0.2) is 4.98 Å². The van der Waals surface area contributed by atoms with Gasteiger partial charge in [0.05, 0.1) is 0 Å². The number of pyridine rings is 2. The first-order valence-corrected chi connectivity index (χ1v) is 8.51. The van der Waals surface area contributed by atoms with E-state index in [2.05, 4.69) is 16.9 Å². The van der Waals surface area contributed by atoms with Crippen LogP contribution in [0.25, 0.3) is 11.1 Å². The van der Waals surface area contributed by atoms with Crippen molar-refractivity contribution >= 4 is 5.91 Å². The molecule has 1 amide bonds. The number of rotatable bonds is 3. The number of aromatic nitrogens is 2. The minimum absolute atomic E-state index is 0.0282. The highest BCUT2D eigenvalue weighted by atomic mass is 16.2. The van der Waals surface area contributed by atoms with Gasteiger partial charge in [-0.1, -0.05) is 19.1 Å². The summed E-state index contributed by atoms with van der Waals surface area (Å²) < 4.78 is 0. The summed E-state index contributed by atoms with van der Waals surface area (Å²) in [4.78, 5) is 23.9. The maximum Gasteiger partial charge on any atom is 0.273 e. The van der Waals surface area contributed by atoms with Gasteiger partial charge < -0.3 is 10.6 Å². The Balaban J connectivity index is 2.02. The molecular weight excluding hydrogens is 300 g/mol. The first-order chi connectivity index (χ1) is 11.6. The van der Waals surface area contributed by atoms with Crippen LogP contribution in [0.2, 0.25) is 0 Å². The summed E-state index contributed by atoms with van der Waals surface area (Å²) in [6.45, 7) is 5.31. The van der Waals surface area contributed by atoms with E-state index in [-0.39, 0.29) is 11.9 Å². The van der Waals surface area contributed by atoms with E-state index in [0.29, 0.717) is 18.2 Å². The smallest absolute Gasteiger partial charge is 0.273 e. The SMILES string of the molecule is Cc1ccc(-c2cccnc2)c(C(=O)N2CCC[C@@H](C)C2CN)n1. The van der Waals surface area contributed by atoms with E-state index in [1.165, 1.54) is 0 Å². The van der Waals surface area contributed by atoms with Crippen LogP contribution in [0.15, 0.2) is 36.7 Å². The average molecular weight is 324 g/mol. The third-order valence-corrected chi connectivity index (χ3v) is 4.83. The molecule has 1 unspecified atom stereocenters. The zero-order valence-electron chi connectivity index (χ0n) is 14.3. The highest BCUT2D eigenvalue weighted by Gasteiger charge is 2.33. The molecule has 2 aromatic heterocycles. The van der Waals surface area contributed by atoms with Crippen molar-refractivity contribution in [3.63, 3.8) is 0 Å². The van der Waals surface area contributed by atoms with Gasteiger partial charge in [0.15, 0.2) is 0 Å². The Labute approximate surface area is 142 Å². The second-order valence-electron chi connectivity index (χ2n) is 6.51. The molecule has 2 N–H and O–H groups in total. The van der Waals surface area contributed by atoms with Crippen molar-refractivity contribution < 1.29 is 4.79 Å². The third kappa shape index (κ3) is 3.17. The number of hydrogen-bond donors (Lipinski definition) is 1. The van der Waals surface area contributed by atoms with Crippen molar-refractivity contribution in [3.05, 3.63) is 48.0 Å². The normalized spacial score (nSPS) is 20.9. The Bertz CT molecular complexity index is 717. The van der Waals surface area contributed by atoms with Crippen LogP contribution in [0, 0.1) is 12.8 Å². The highest BCUT2D eigenvalue weighted by Crippen LogP contribution is 2.28. The lowest BCUT2D eigenvalue weighted by molar-refractivity contribution is 0.0527. The van der Waals surface area contributed by atoms with E-state index in [1.807, 2.05) is 36.1 Å². The van der Waals surface area contributed by atoms with Crippen molar-refractivity contribution in [2.24, 2.45) is 11.7 Å². The monoisotopic (exact) mass is 324 g/mol. The average Bonchev–Trinajstić information content (AvgIpc) is 2.61. The van der Waals surface area contributed by atoms with Crippen LogP contribution in [0.1, 0.15) is 35.9 Å². The molecule has 1 saturated heterocycles. The molecule has 126 valence electrons. The summed E-state index contributed by atoms with van der Waals surface area (Å²) in [5.74, 6) is 0.388. The number of aryl methyl sites for hydroxylation is 1. The zero-order valence-corrected chi connectivity index (χ0v) is 14.3. The Hall–Kier alpha value is -2.27. The van der Waals surface area contributed by atoms with Crippen LogP contribution in [-0.2, 0) is 0 Å².